The van der Waals surface area contributed by atoms with Crippen molar-refractivity contribution in [2.45, 2.75) is 13.5 Å². The van der Waals surface area contributed by atoms with Crippen molar-refractivity contribution in [1.82, 2.24) is 4.57 Å². The SMILES string of the molecule is CCn1ccc(C#Cc2cccc(OC)c2)c1. The second-order valence-corrected chi connectivity index (χ2v) is 3.71. The van der Waals surface area contributed by atoms with Crippen molar-refractivity contribution in [2.75, 3.05) is 7.11 Å². The van der Waals surface area contributed by atoms with Crippen LogP contribution in [0, 0.1) is 11.8 Å². The first kappa shape index (κ1) is 11.3. The number of rotatable bonds is 2. The molecule has 2 heteroatoms. The van der Waals surface area contributed by atoms with E-state index < -0.39 is 0 Å². The molecule has 1 aromatic heterocycles. The van der Waals surface area contributed by atoms with Gasteiger partial charge in [-0.05, 0) is 31.2 Å². The van der Waals surface area contributed by atoms with Crippen LogP contribution in [0.25, 0.3) is 0 Å². The van der Waals surface area contributed by atoms with E-state index in [1.807, 2.05) is 42.7 Å². The fraction of sp³-hybridized carbons (Fsp3) is 0.200. The molecule has 0 N–H and O–H groups in total. The van der Waals surface area contributed by atoms with E-state index >= 15 is 0 Å². The van der Waals surface area contributed by atoms with E-state index in [0.29, 0.717) is 0 Å². The van der Waals surface area contributed by atoms with Crippen molar-refractivity contribution in [3.8, 4) is 17.6 Å². The van der Waals surface area contributed by atoms with Gasteiger partial charge in [0.25, 0.3) is 0 Å². The molecule has 1 aromatic carbocycles. The van der Waals surface area contributed by atoms with Gasteiger partial charge in [0.1, 0.15) is 5.75 Å². The van der Waals surface area contributed by atoms with Crippen molar-refractivity contribution < 1.29 is 4.74 Å². The molecule has 0 saturated heterocycles. The summed E-state index contributed by atoms with van der Waals surface area (Å²) in [5.41, 5.74) is 2.00. The Morgan fingerprint density at radius 2 is 2.00 bits per heavy atom. The van der Waals surface area contributed by atoms with Crippen LogP contribution in [0.15, 0.2) is 42.7 Å². The second kappa shape index (κ2) is 5.27. The van der Waals surface area contributed by atoms with Gasteiger partial charge in [0.05, 0.1) is 7.11 Å². The number of hydrogen-bond acceptors (Lipinski definition) is 1. The summed E-state index contributed by atoms with van der Waals surface area (Å²) in [7, 11) is 1.66. The van der Waals surface area contributed by atoms with E-state index in [1.54, 1.807) is 7.11 Å². The van der Waals surface area contributed by atoms with Crippen LogP contribution in [-0.2, 0) is 6.54 Å². The Morgan fingerprint density at radius 1 is 1.18 bits per heavy atom. The highest BCUT2D eigenvalue weighted by molar-refractivity contribution is 5.44. The predicted molar refractivity (Wildman–Crippen MR) is 69.1 cm³/mol. The van der Waals surface area contributed by atoms with Crippen molar-refractivity contribution in [1.29, 1.82) is 0 Å². The van der Waals surface area contributed by atoms with Crippen molar-refractivity contribution in [2.24, 2.45) is 0 Å². The maximum Gasteiger partial charge on any atom is 0.120 e. The Morgan fingerprint density at radius 3 is 2.71 bits per heavy atom. The highest BCUT2D eigenvalue weighted by Crippen LogP contribution is 2.11. The first-order valence-electron chi connectivity index (χ1n) is 5.63. The Bertz CT molecular complexity index is 558. The molecule has 0 radical (unpaired) electrons. The minimum atomic E-state index is 0.836. The monoisotopic (exact) mass is 225 g/mol. The van der Waals surface area contributed by atoms with Crippen LogP contribution in [0.1, 0.15) is 18.1 Å². The number of methoxy groups -OCH3 is 1. The molecule has 1 heterocycles. The highest BCUT2D eigenvalue weighted by atomic mass is 16.5. The van der Waals surface area contributed by atoms with E-state index in [0.717, 1.165) is 23.4 Å². The van der Waals surface area contributed by atoms with Crippen LogP contribution in [0.2, 0.25) is 0 Å². The zero-order chi connectivity index (χ0) is 12.1. The van der Waals surface area contributed by atoms with E-state index in [-0.39, 0.29) is 0 Å². The van der Waals surface area contributed by atoms with Gasteiger partial charge in [-0.25, -0.2) is 0 Å². The fourth-order valence-corrected chi connectivity index (χ4v) is 1.56. The zero-order valence-corrected chi connectivity index (χ0v) is 10.1. The lowest BCUT2D eigenvalue weighted by molar-refractivity contribution is 0.414. The van der Waals surface area contributed by atoms with Crippen LogP contribution in [0.5, 0.6) is 5.75 Å². The Kier molecular flexibility index (Phi) is 3.52. The van der Waals surface area contributed by atoms with Gasteiger partial charge in [-0.2, -0.15) is 0 Å². The molecular weight excluding hydrogens is 210 g/mol. The van der Waals surface area contributed by atoms with Crippen LogP contribution >= 0.6 is 0 Å². The molecule has 2 nitrogen and oxygen atoms in total. The van der Waals surface area contributed by atoms with E-state index in [1.165, 1.54) is 0 Å². The van der Waals surface area contributed by atoms with Crippen LogP contribution in [0.3, 0.4) is 0 Å². The summed E-state index contributed by atoms with van der Waals surface area (Å²) >= 11 is 0. The minimum absolute atomic E-state index is 0.836. The minimum Gasteiger partial charge on any atom is -0.497 e. The summed E-state index contributed by atoms with van der Waals surface area (Å²) in [4.78, 5) is 0. The molecule has 2 aromatic rings. The summed E-state index contributed by atoms with van der Waals surface area (Å²) < 4.78 is 7.26. The van der Waals surface area contributed by atoms with Crippen LogP contribution in [-0.4, -0.2) is 11.7 Å². The van der Waals surface area contributed by atoms with Gasteiger partial charge >= 0.3 is 0 Å². The summed E-state index contributed by atoms with van der Waals surface area (Å²) in [6.45, 7) is 3.08. The van der Waals surface area contributed by atoms with Crippen molar-refractivity contribution in [3.05, 3.63) is 53.9 Å². The molecule has 0 aliphatic carbocycles. The van der Waals surface area contributed by atoms with Gasteiger partial charge in [-0.15, -0.1) is 0 Å². The van der Waals surface area contributed by atoms with Crippen LogP contribution < -0.4 is 4.74 Å². The number of hydrogen-bond donors (Lipinski definition) is 0. The quantitative estimate of drug-likeness (QED) is 0.717. The van der Waals surface area contributed by atoms with E-state index in [2.05, 4.69) is 23.3 Å². The standard InChI is InChI=1S/C15H15NO/c1-3-16-10-9-14(12-16)8-7-13-5-4-6-15(11-13)17-2/h4-6,9-12H,3H2,1-2H3. The van der Waals surface area contributed by atoms with Gasteiger partial charge in [-0.3, -0.25) is 0 Å². The number of aromatic nitrogens is 1. The Balaban J connectivity index is 2.20. The normalized spacial score (nSPS) is 9.53. The van der Waals surface area contributed by atoms with Gasteiger partial charge in [0.2, 0.25) is 0 Å². The van der Waals surface area contributed by atoms with Crippen LogP contribution in [0.4, 0.5) is 0 Å². The van der Waals surface area contributed by atoms with Crippen molar-refractivity contribution >= 4 is 0 Å². The number of nitrogens with zero attached hydrogens (tertiary/aromatic N) is 1. The summed E-state index contributed by atoms with van der Waals surface area (Å²) in [6.07, 6.45) is 4.09. The summed E-state index contributed by atoms with van der Waals surface area (Å²) in [6, 6.07) is 9.80. The maximum absolute atomic E-state index is 5.16. The third-order valence-electron chi connectivity index (χ3n) is 2.54. The molecule has 0 fully saturated rings. The second-order valence-electron chi connectivity index (χ2n) is 3.71. The van der Waals surface area contributed by atoms with Gasteiger partial charge < -0.3 is 9.30 Å². The molecule has 17 heavy (non-hydrogen) atoms. The third kappa shape index (κ3) is 2.92. The molecule has 0 aliphatic heterocycles. The molecule has 0 aliphatic rings. The van der Waals surface area contributed by atoms with Gasteiger partial charge in [0, 0.05) is 30.1 Å². The Labute approximate surface area is 102 Å². The smallest absolute Gasteiger partial charge is 0.120 e. The predicted octanol–water partition coefficient (Wildman–Crippen LogP) is 2.92. The molecule has 0 atom stereocenters. The zero-order valence-electron chi connectivity index (χ0n) is 10.1. The lowest BCUT2D eigenvalue weighted by atomic mass is 10.2. The first-order valence-corrected chi connectivity index (χ1v) is 5.63. The third-order valence-corrected chi connectivity index (χ3v) is 2.54. The lowest BCUT2D eigenvalue weighted by Crippen LogP contribution is -1.86. The first-order chi connectivity index (χ1) is 8.31. The molecule has 0 amide bonds. The Hall–Kier alpha value is -2.14. The topological polar surface area (TPSA) is 14.2 Å². The number of benzene rings is 1. The number of aryl methyl sites for hydroxylation is 1. The van der Waals surface area contributed by atoms with Gasteiger partial charge in [0.15, 0.2) is 0 Å². The molecule has 0 saturated carbocycles. The average Bonchev–Trinajstić information content (AvgIpc) is 2.84. The molecular formula is C15H15NO. The number of ether oxygens (including phenoxy) is 1. The van der Waals surface area contributed by atoms with Crippen molar-refractivity contribution in [3.63, 3.8) is 0 Å². The molecule has 2 rings (SSSR count). The van der Waals surface area contributed by atoms with E-state index in [4.69, 9.17) is 4.74 Å². The molecule has 0 unspecified atom stereocenters. The molecule has 0 spiro atoms. The molecule has 0 bridgehead atoms. The average molecular weight is 225 g/mol. The maximum atomic E-state index is 5.16. The van der Waals surface area contributed by atoms with E-state index in [9.17, 15) is 0 Å². The largest absolute Gasteiger partial charge is 0.497 e. The molecule has 86 valence electrons. The van der Waals surface area contributed by atoms with Gasteiger partial charge in [-0.1, -0.05) is 17.9 Å². The summed E-state index contributed by atoms with van der Waals surface area (Å²) in [5.74, 6) is 7.11. The fourth-order valence-electron chi connectivity index (χ4n) is 1.56. The lowest BCUT2D eigenvalue weighted by Gasteiger charge is -1.97. The summed E-state index contributed by atoms with van der Waals surface area (Å²) in [5, 5.41) is 0. The highest BCUT2D eigenvalue weighted by Gasteiger charge is 1.93.